The number of aromatic nitrogens is 2. The van der Waals surface area contributed by atoms with Gasteiger partial charge in [0.2, 0.25) is 0 Å². The van der Waals surface area contributed by atoms with Crippen LogP contribution in [0.5, 0.6) is 0 Å². The zero-order valence-corrected chi connectivity index (χ0v) is 19.1. The fourth-order valence-electron chi connectivity index (χ4n) is 4.27. The molecule has 1 aliphatic rings. The Balaban J connectivity index is 1.61. The van der Waals surface area contributed by atoms with Crippen LogP contribution in [-0.4, -0.2) is 26.0 Å². The van der Waals surface area contributed by atoms with Crippen molar-refractivity contribution >= 4 is 28.2 Å². The van der Waals surface area contributed by atoms with Crippen LogP contribution in [-0.2, 0) is 13.1 Å². The molecule has 4 rings (SSSR count). The summed E-state index contributed by atoms with van der Waals surface area (Å²) in [7, 11) is 0. The second-order valence-corrected chi connectivity index (χ2v) is 9.04. The zero-order valence-electron chi connectivity index (χ0n) is 18.3. The number of rotatable bonds is 5. The largest absolute Gasteiger partial charge is 0.360 e. The summed E-state index contributed by atoms with van der Waals surface area (Å²) in [5.74, 6) is 0. The summed E-state index contributed by atoms with van der Waals surface area (Å²) in [5.41, 5.74) is 4.98. The van der Waals surface area contributed by atoms with Crippen LogP contribution in [0.4, 0.5) is 0 Å². The van der Waals surface area contributed by atoms with E-state index < -0.39 is 0 Å². The van der Waals surface area contributed by atoms with Crippen molar-refractivity contribution in [3.63, 3.8) is 0 Å². The number of hydrogen-bond donors (Lipinski definition) is 2. The van der Waals surface area contributed by atoms with Crippen molar-refractivity contribution in [3.8, 4) is 0 Å². The molecule has 0 aliphatic heterocycles. The molecule has 0 atom stereocenters. The maximum atomic E-state index is 12.9. The highest BCUT2D eigenvalue weighted by atomic mass is 32.1. The van der Waals surface area contributed by atoms with Gasteiger partial charge < -0.3 is 15.2 Å². The number of hydrogen-bond acceptors (Lipinski definition) is 3. The van der Waals surface area contributed by atoms with E-state index in [0.29, 0.717) is 29.8 Å². The standard InChI is InChI=1S/C25H30N4OS/c1-17-11-20-13-21(24(30)28-23(20)12-18(17)2)16-29(15-19-7-6-10-26-14-19)25(31)27-22-8-4-3-5-9-22/h6-7,10-14,22H,3-5,8-9,15-16H2,1-2H3,(H,27,31)(H,28,30). The van der Waals surface area contributed by atoms with E-state index in [9.17, 15) is 4.79 Å². The lowest BCUT2D eigenvalue weighted by molar-refractivity contribution is 0.362. The maximum Gasteiger partial charge on any atom is 0.253 e. The van der Waals surface area contributed by atoms with E-state index in [4.69, 9.17) is 12.2 Å². The molecule has 0 saturated heterocycles. The molecule has 2 N–H and O–H groups in total. The van der Waals surface area contributed by atoms with Crippen LogP contribution in [0.15, 0.2) is 47.5 Å². The molecular weight excluding hydrogens is 404 g/mol. The first kappa shape index (κ1) is 21.5. The van der Waals surface area contributed by atoms with Crippen LogP contribution < -0.4 is 10.9 Å². The van der Waals surface area contributed by atoms with Crippen molar-refractivity contribution in [3.05, 3.63) is 75.3 Å². The van der Waals surface area contributed by atoms with Gasteiger partial charge in [0.05, 0.1) is 6.54 Å². The van der Waals surface area contributed by atoms with Crippen molar-refractivity contribution in [1.82, 2.24) is 20.2 Å². The fourth-order valence-corrected chi connectivity index (χ4v) is 4.57. The monoisotopic (exact) mass is 434 g/mol. The molecule has 0 spiro atoms. The Labute approximate surface area is 188 Å². The Morgan fingerprint density at radius 2 is 1.94 bits per heavy atom. The molecule has 0 radical (unpaired) electrons. The second kappa shape index (κ2) is 9.60. The van der Waals surface area contributed by atoms with E-state index in [0.717, 1.165) is 29.3 Å². The van der Waals surface area contributed by atoms with Gasteiger partial charge >= 0.3 is 0 Å². The van der Waals surface area contributed by atoms with Gasteiger partial charge in [-0.25, -0.2) is 0 Å². The number of benzene rings is 1. The minimum Gasteiger partial charge on any atom is -0.360 e. The number of nitrogens with zero attached hydrogens (tertiary/aromatic N) is 2. The molecule has 2 aromatic heterocycles. The van der Waals surface area contributed by atoms with E-state index in [1.54, 1.807) is 6.20 Å². The van der Waals surface area contributed by atoms with E-state index in [2.05, 4.69) is 40.1 Å². The third-order valence-electron chi connectivity index (χ3n) is 6.21. The summed E-state index contributed by atoms with van der Waals surface area (Å²) >= 11 is 5.81. The molecule has 162 valence electrons. The molecule has 0 unspecified atom stereocenters. The van der Waals surface area contributed by atoms with Crippen LogP contribution in [0.2, 0.25) is 0 Å². The number of pyridine rings is 2. The normalized spacial score (nSPS) is 14.5. The predicted molar refractivity (Wildman–Crippen MR) is 130 cm³/mol. The second-order valence-electron chi connectivity index (χ2n) is 8.65. The molecule has 3 aromatic rings. The molecule has 2 heterocycles. The first-order valence-corrected chi connectivity index (χ1v) is 11.5. The van der Waals surface area contributed by atoms with Gasteiger partial charge in [-0.2, -0.15) is 0 Å². The Morgan fingerprint density at radius 3 is 2.68 bits per heavy atom. The van der Waals surface area contributed by atoms with Crippen molar-refractivity contribution < 1.29 is 0 Å². The lowest BCUT2D eigenvalue weighted by Crippen LogP contribution is -2.45. The highest BCUT2D eigenvalue weighted by molar-refractivity contribution is 7.80. The first-order valence-electron chi connectivity index (χ1n) is 11.1. The lowest BCUT2D eigenvalue weighted by atomic mass is 9.96. The van der Waals surface area contributed by atoms with Crippen LogP contribution in [0.3, 0.4) is 0 Å². The third-order valence-corrected chi connectivity index (χ3v) is 6.59. The SMILES string of the molecule is Cc1cc2cc(CN(Cc3cccnc3)C(=S)NC3CCCCC3)c(=O)[nH]c2cc1C. The third kappa shape index (κ3) is 5.31. The van der Waals surface area contributed by atoms with E-state index in [1.807, 2.05) is 30.5 Å². The smallest absolute Gasteiger partial charge is 0.253 e. The molecule has 0 amide bonds. The number of nitrogens with one attached hydrogen (secondary N) is 2. The molecule has 6 heteroatoms. The lowest BCUT2D eigenvalue weighted by Gasteiger charge is -2.31. The summed E-state index contributed by atoms with van der Waals surface area (Å²) < 4.78 is 0. The van der Waals surface area contributed by atoms with Gasteiger partial charge in [0.1, 0.15) is 0 Å². The molecule has 1 aliphatic carbocycles. The van der Waals surface area contributed by atoms with Gasteiger partial charge in [-0.3, -0.25) is 9.78 Å². The van der Waals surface area contributed by atoms with Crippen molar-refractivity contribution in [1.29, 1.82) is 0 Å². The van der Waals surface area contributed by atoms with Crippen LogP contribution in [0.1, 0.15) is 54.4 Å². The summed E-state index contributed by atoms with van der Waals surface area (Å²) in [4.78, 5) is 22.2. The number of aromatic amines is 1. The average molecular weight is 435 g/mol. The number of fused-ring (bicyclic) bond motifs is 1. The van der Waals surface area contributed by atoms with E-state index >= 15 is 0 Å². The Kier molecular flexibility index (Phi) is 6.66. The fraction of sp³-hybridized carbons (Fsp3) is 0.400. The Bertz CT molecular complexity index is 1120. The molecule has 1 fully saturated rings. The topological polar surface area (TPSA) is 61.0 Å². The predicted octanol–water partition coefficient (Wildman–Crippen LogP) is 4.75. The number of aryl methyl sites for hydroxylation is 2. The molecule has 5 nitrogen and oxygen atoms in total. The summed E-state index contributed by atoms with van der Waals surface area (Å²) in [6.07, 6.45) is 9.71. The molecule has 0 bridgehead atoms. The van der Waals surface area contributed by atoms with Crippen LogP contribution in [0, 0.1) is 13.8 Å². The quantitative estimate of drug-likeness (QED) is 0.568. The van der Waals surface area contributed by atoms with Crippen molar-refractivity contribution in [2.24, 2.45) is 0 Å². The van der Waals surface area contributed by atoms with Crippen molar-refractivity contribution in [2.45, 2.75) is 65.1 Å². The van der Waals surface area contributed by atoms with E-state index in [1.165, 1.54) is 30.4 Å². The van der Waals surface area contributed by atoms with Gasteiger partial charge in [0.15, 0.2) is 5.11 Å². The Hall–Kier alpha value is -2.73. The summed E-state index contributed by atoms with van der Waals surface area (Å²) in [6, 6.07) is 10.6. The minimum atomic E-state index is -0.0626. The highest BCUT2D eigenvalue weighted by Crippen LogP contribution is 2.20. The van der Waals surface area contributed by atoms with E-state index in [-0.39, 0.29) is 5.56 Å². The Morgan fingerprint density at radius 1 is 1.16 bits per heavy atom. The van der Waals surface area contributed by atoms with Gasteiger partial charge in [0, 0.05) is 36.1 Å². The first-order chi connectivity index (χ1) is 15.0. The van der Waals surface area contributed by atoms with Gasteiger partial charge in [0.25, 0.3) is 5.56 Å². The highest BCUT2D eigenvalue weighted by Gasteiger charge is 2.19. The number of thiocarbonyl (C=S) groups is 1. The molecule has 1 aromatic carbocycles. The molecule has 1 saturated carbocycles. The minimum absolute atomic E-state index is 0.0626. The van der Waals surface area contributed by atoms with Crippen molar-refractivity contribution in [2.75, 3.05) is 0 Å². The number of H-pyrrole nitrogens is 1. The molecule has 31 heavy (non-hydrogen) atoms. The molecular formula is C25H30N4OS. The van der Waals surface area contributed by atoms with Crippen LogP contribution >= 0.6 is 12.2 Å². The maximum absolute atomic E-state index is 12.9. The van der Waals surface area contributed by atoms with Gasteiger partial charge in [-0.15, -0.1) is 0 Å². The van der Waals surface area contributed by atoms with Crippen LogP contribution in [0.25, 0.3) is 10.9 Å². The van der Waals surface area contributed by atoms with Gasteiger partial charge in [-0.05, 0) is 85.2 Å². The summed E-state index contributed by atoms with van der Waals surface area (Å²) in [5, 5.41) is 5.31. The van der Waals surface area contributed by atoms with Gasteiger partial charge in [-0.1, -0.05) is 25.3 Å². The average Bonchev–Trinajstić information content (AvgIpc) is 2.76. The summed E-state index contributed by atoms with van der Waals surface area (Å²) in [6.45, 7) is 5.21. The zero-order chi connectivity index (χ0) is 21.8.